The van der Waals surface area contributed by atoms with Gasteiger partial charge in [-0.3, -0.25) is 14.5 Å². The van der Waals surface area contributed by atoms with Crippen molar-refractivity contribution >= 4 is 23.9 Å². The molecule has 0 radical (unpaired) electrons. The number of amides is 3. The summed E-state index contributed by atoms with van der Waals surface area (Å²) in [5.74, 6) is -2.35. The highest BCUT2D eigenvalue weighted by molar-refractivity contribution is 6.20. The molecule has 8 nitrogen and oxygen atoms in total. The van der Waals surface area contributed by atoms with E-state index in [1.165, 1.54) is 12.1 Å². The summed E-state index contributed by atoms with van der Waals surface area (Å²) in [6.07, 6.45) is -0.688. The number of carbonyl (C=O) groups is 4. The standard InChI is InChI=1S/C18H22N2O6/c1-11(2)19(17(24)25-18(3,4)5)10-14(21)26-20-15(22)12-8-6-7-9-13(12)16(20)23/h6-9,11H,10H2,1-5H3. The fourth-order valence-corrected chi connectivity index (χ4v) is 2.30. The Balaban J connectivity index is 2.06. The van der Waals surface area contributed by atoms with E-state index in [4.69, 9.17) is 9.57 Å². The molecular weight excluding hydrogens is 340 g/mol. The lowest BCUT2D eigenvalue weighted by atomic mass is 10.1. The van der Waals surface area contributed by atoms with Crippen molar-refractivity contribution in [2.75, 3.05) is 6.54 Å². The molecule has 0 atom stereocenters. The lowest BCUT2D eigenvalue weighted by molar-refractivity contribution is -0.170. The van der Waals surface area contributed by atoms with Gasteiger partial charge >= 0.3 is 12.1 Å². The van der Waals surface area contributed by atoms with Gasteiger partial charge in [0.1, 0.15) is 12.1 Å². The van der Waals surface area contributed by atoms with Gasteiger partial charge in [-0.25, -0.2) is 9.59 Å². The number of hydrogen-bond donors (Lipinski definition) is 0. The predicted molar refractivity (Wildman–Crippen MR) is 91.1 cm³/mol. The molecule has 0 spiro atoms. The van der Waals surface area contributed by atoms with Crippen molar-refractivity contribution in [2.24, 2.45) is 0 Å². The molecule has 0 fully saturated rings. The van der Waals surface area contributed by atoms with Crippen molar-refractivity contribution in [1.82, 2.24) is 9.96 Å². The number of fused-ring (bicyclic) bond motifs is 1. The molecule has 26 heavy (non-hydrogen) atoms. The number of nitrogens with zero attached hydrogens (tertiary/aromatic N) is 2. The van der Waals surface area contributed by atoms with Crippen molar-refractivity contribution in [3.8, 4) is 0 Å². The minimum atomic E-state index is -0.918. The molecule has 1 aromatic rings. The molecule has 1 aromatic carbocycles. The van der Waals surface area contributed by atoms with Gasteiger partial charge in [0.2, 0.25) is 0 Å². The summed E-state index contributed by atoms with van der Waals surface area (Å²) in [7, 11) is 0. The number of imide groups is 1. The summed E-state index contributed by atoms with van der Waals surface area (Å²) in [5.41, 5.74) is -0.396. The molecule has 0 aromatic heterocycles. The molecule has 3 amide bonds. The SMILES string of the molecule is CC(C)N(CC(=O)ON1C(=O)c2ccccc2C1=O)C(=O)OC(C)(C)C. The number of ether oxygens (including phenoxy) is 1. The van der Waals surface area contributed by atoms with Gasteiger partial charge in [-0.2, -0.15) is 0 Å². The second-order valence-electron chi connectivity index (χ2n) is 7.12. The summed E-state index contributed by atoms with van der Waals surface area (Å²) >= 11 is 0. The van der Waals surface area contributed by atoms with Gasteiger partial charge < -0.3 is 9.57 Å². The Bertz CT molecular complexity index is 715. The molecule has 0 unspecified atom stereocenters. The zero-order chi connectivity index (χ0) is 19.6. The summed E-state index contributed by atoms with van der Waals surface area (Å²) in [4.78, 5) is 54.9. The fraction of sp³-hybridized carbons (Fsp3) is 0.444. The number of rotatable bonds is 4. The maximum atomic E-state index is 12.2. The van der Waals surface area contributed by atoms with Crippen LogP contribution in [0.1, 0.15) is 55.3 Å². The van der Waals surface area contributed by atoms with Crippen molar-refractivity contribution in [3.05, 3.63) is 35.4 Å². The maximum absolute atomic E-state index is 12.2. The molecule has 0 aliphatic carbocycles. The third-order valence-electron chi connectivity index (χ3n) is 3.50. The molecule has 8 heteroatoms. The molecule has 0 bridgehead atoms. The predicted octanol–water partition coefficient (Wildman–Crippen LogP) is 2.39. The van der Waals surface area contributed by atoms with Crippen LogP contribution in [0.3, 0.4) is 0 Å². The van der Waals surface area contributed by atoms with Crippen molar-refractivity contribution in [3.63, 3.8) is 0 Å². The summed E-state index contributed by atoms with van der Waals surface area (Å²) < 4.78 is 5.26. The van der Waals surface area contributed by atoms with Crippen LogP contribution in [0.25, 0.3) is 0 Å². The van der Waals surface area contributed by atoms with Crippen LogP contribution in [0, 0.1) is 0 Å². The molecule has 0 saturated heterocycles. The lowest BCUT2D eigenvalue weighted by Crippen LogP contribution is -2.45. The van der Waals surface area contributed by atoms with E-state index < -0.39 is 36.0 Å². The Kier molecular flexibility index (Phi) is 5.34. The van der Waals surface area contributed by atoms with E-state index in [2.05, 4.69) is 0 Å². The number of hydroxylamine groups is 2. The number of hydrogen-bond acceptors (Lipinski definition) is 6. The molecule has 2 rings (SSSR count). The minimum absolute atomic E-state index is 0.165. The zero-order valence-electron chi connectivity index (χ0n) is 15.4. The third-order valence-corrected chi connectivity index (χ3v) is 3.50. The van der Waals surface area contributed by atoms with Gasteiger partial charge in [0.15, 0.2) is 0 Å². The third kappa shape index (κ3) is 4.19. The largest absolute Gasteiger partial charge is 0.444 e. The smallest absolute Gasteiger partial charge is 0.411 e. The quantitative estimate of drug-likeness (QED) is 0.764. The summed E-state index contributed by atoms with van der Waals surface area (Å²) in [6, 6.07) is 5.82. The topological polar surface area (TPSA) is 93.2 Å². The number of benzene rings is 1. The normalized spacial score (nSPS) is 13.7. The van der Waals surface area contributed by atoms with E-state index in [9.17, 15) is 19.2 Å². The first-order valence-electron chi connectivity index (χ1n) is 8.19. The molecule has 1 aliphatic rings. The zero-order valence-corrected chi connectivity index (χ0v) is 15.4. The minimum Gasteiger partial charge on any atom is -0.444 e. The Morgan fingerprint density at radius 3 is 2.00 bits per heavy atom. The second-order valence-corrected chi connectivity index (χ2v) is 7.12. The van der Waals surface area contributed by atoms with Gasteiger partial charge in [0.25, 0.3) is 11.8 Å². The maximum Gasteiger partial charge on any atom is 0.411 e. The van der Waals surface area contributed by atoms with Gasteiger partial charge in [0, 0.05) is 6.04 Å². The van der Waals surface area contributed by atoms with Crippen LogP contribution in [0.15, 0.2) is 24.3 Å². The van der Waals surface area contributed by atoms with Crippen LogP contribution in [0.5, 0.6) is 0 Å². The van der Waals surface area contributed by atoms with E-state index in [1.54, 1.807) is 46.8 Å². The Labute approximate surface area is 151 Å². The fourth-order valence-electron chi connectivity index (χ4n) is 2.30. The monoisotopic (exact) mass is 362 g/mol. The van der Waals surface area contributed by atoms with Gasteiger partial charge in [-0.15, -0.1) is 0 Å². The molecule has 0 saturated carbocycles. The van der Waals surface area contributed by atoms with Gasteiger partial charge in [-0.1, -0.05) is 17.2 Å². The van der Waals surface area contributed by atoms with Crippen LogP contribution in [0.2, 0.25) is 0 Å². The van der Waals surface area contributed by atoms with E-state index in [0.717, 1.165) is 4.90 Å². The van der Waals surface area contributed by atoms with Crippen LogP contribution in [-0.2, 0) is 14.4 Å². The van der Waals surface area contributed by atoms with E-state index in [1.807, 2.05) is 0 Å². The highest BCUT2D eigenvalue weighted by Gasteiger charge is 2.39. The molecule has 0 N–H and O–H groups in total. The first-order chi connectivity index (χ1) is 12.0. The Hall–Kier alpha value is -2.90. The highest BCUT2D eigenvalue weighted by Crippen LogP contribution is 2.22. The van der Waals surface area contributed by atoms with Crippen LogP contribution in [0.4, 0.5) is 4.79 Å². The van der Waals surface area contributed by atoms with Gasteiger partial charge in [-0.05, 0) is 46.8 Å². The van der Waals surface area contributed by atoms with Crippen LogP contribution < -0.4 is 0 Å². The lowest BCUT2D eigenvalue weighted by Gasteiger charge is -2.29. The average Bonchev–Trinajstić information content (AvgIpc) is 2.76. The van der Waals surface area contributed by atoms with E-state index >= 15 is 0 Å². The van der Waals surface area contributed by atoms with Crippen molar-refractivity contribution in [2.45, 2.75) is 46.3 Å². The molecular formula is C18H22N2O6. The first-order valence-corrected chi connectivity index (χ1v) is 8.19. The van der Waals surface area contributed by atoms with Gasteiger partial charge in [0.05, 0.1) is 11.1 Å². The molecule has 1 heterocycles. The van der Waals surface area contributed by atoms with Crippen LogP contribution >= 0.6 is 0 Å². The van der Waals surface area contributed by atoms with E-state index in [0.29, 0.717) is 5.06 Å². The first kappa shape index (κ1) is 19.4. The molecule has 1 aliphatic heterocycles. The van der Waals surface area contributed by atoms with Crippen molar-refractivity contribution < 1.29 is 28.8 Å². The second kappa shape index (κ2) is 7.15. The van der Waals surface area contributed by atoms with Crippen molar-refractivity contribution in [1.29, 1.82) is 0 Å². The highest BCUT2D eigenvalue weighted by atomic mass is 16.7. The molecule has 140 valence electrons. The van der Waals surface area contributed by atoms with Crippen LogP contribution in [-0.4, -0.2) is 52.0 Å². The van der Waals surface area contributed by atoms with E-state index in [-0.39, 0.29) is 17.2 Å². The summed E-state index contributed by atoms with van der Waals surface area (Å²) in [6.45, 7) is 8.08. The summed E-state index contributed by atoms with van der Waals surface area (Å²) in [5, 5.41) is 0.417. The Morgan fingerprint density at radius 2 is 1.58 bits per heavy atom. The average molecular weight is 362 g/mol. The number of carbonyl (C=O) groups excluding carboxylic acids is 4. The Morgan fingerprint density at radius 1 is 1.08 bits per heavy atom.